The minimum absolute atomic E-state index is 0.226. The maximum atomic E-state index is 14.1. The van der Waals surface area contributed by atoms with Crippen molar-refractivity contribution in [2.45, 2.75) is 6.54 Å². The zero-order valence-corrected chi connectivity index (χ0v) is 13.5. The van der Waals surface area contributed by atoms with E-state index in [0.29, 0.717) is 12.1 Å². The Bertz CT molecular complexity index is 978. The van der Waals surface area contributed by atoms with Crippen molar-refractivity contribution in [3.63, 3.8) is 0 Å². The molecule has 0 spiro atoms. The predicted molar refractivity (Wildman–Crippen MR) is 96.4 cm³/mol. The normalized spacial score (nSPS) is 10.8. The van der Waals surface area contributed by atoms with E-state index in [4.69, 9.17) is 0 Å². The van der Waals surface area contributed by atoms with Gasteiger partial charge in [-0.3, -0.25) is 9.67 Å². The molecule has 0 aliphatic rings. The van der Waals surface area contributed by atoms with Crippen LogP contribution in [0.4, 0.5) is 4.39 Å². The Kier molecular flexibility index (Phi) is 4.09. The second-order valence-corrected chi connectivity index (χ2v) is 5.74. The van der Waals surface area contributed by atoms with E-state index < -0.39 is 0 Å². The van der Waals surface area contributed by atoms with Crippen LogP contribution in [0.3, 0.4) is 0 Å². The molecule has 4 rings (SSSR count). The fourth-order valence-corrected chi connectivity index (χ4v) is 2.81. The first-order valence-corrected chi connectivity index (χ1v) is 8.09. The molecule has 0 radical (unpaired) electrons. The van der Waals surface area contributed by atoms with Crippen LogP contribution in [0.1, 0.15) is 5.56 Å². The van der Waals surface area contributed by atoms with Crippen molar-refractivity contribution in [2.24, 2.45) is 0 Å². The molecule has 0 aliphatic carbocycles. The summed E-state index contributed by atoms with van der Waals surface area (Å²) in [5.74, 6) is -0.226. The molecule has 0 saturated heterocycles. The number of halogens is 1. The van der Waals surface area contributed by atoms with E-state index in [-0.39, 0.29) is 5.82 Å². The maximum absolute atomic E-state index is 14.1. The van der Waals surface area contributed by atoms with Crippen LogP contribution in [0.25, 0.3) is 22.6 Å². The molecule has 0 unspecified atom stereocenters. The zero-order valence-electron chi connectivity index (χ0n) is 13.5. The minimum Gasteiger partial charge on any atom is -0.260 e. The summed E-state index contributed by atoms with van der Waals surface area (Å²) >= 11 is 0. The van der Waals surface area contributed by atoms with Gasteiger partial charge in [0.25, 0.3) is 0 Å². The lowest BCUT2D eigenvalue weighted by Crippen LogP contribution is -2.05. The lowest BCUT2D eigenvalue weighted by Gasteiger charge is -2.08. The molecule has 122 valence electrons. The molecular formula is C21H16FN3. The van der Waals surface area contributed by atoms with Crippen LogP contribution in [-0.4, -0.2) is 14.8 Å². The third-order valence-corrected chi connectivity index (χ3v) is 4.05. The summed E-state index contributed by atoms with van der Waals surface area (Å²) in [6.45, 7) is 0.365. The Balaban J connectivity index is 1.81. The molecular weight excluding hydrogens is 313 g/mol. The van der Waals surface area contributed by atoms with E-state index in [2.05, 4.69) is 10.1 Å². The van der Waals surface area contributed by atoms with Gasteiger partial charge < -0.3 is 0 Å². The Morgan fingerprint density at radius 2 is 1.56 bits per heavy atom. The molecule has 0 atom stereocenters. The van der Waals surface area contributed by atoms with Crippen LogP contribution in [0.2, 0.25) is 0 Å². The van der Waals surface area contributed by atoms with Crippen LogP contribution >= 0.6 is 0 Å². The van der Waals surface area contributed by atoms with Gasteiger partial charge in [0.05, 0.1) is 17.9 Å². The van der Waals surface area contributed by atoms with Gasteiger partial charge in [-0.2, -0.15) is 5.10 Å². The molecule has 0 aliphatic heterocycles. The van der Waals surface area contributed by atoms with Crippen molar-refractivity contribution in [1.82, 2.24) is 14.8 Å². The minimum atomic E-state index is -0.226. The SMILES string of the molecule is Fc1ccccc1Cn1nc(-c2ccccn2)cc1-c1ccccc1. The molecule has 4 heteroatoms. The van der Waals surface area contributed by atoms with Crippen LogP contribution in [-0.2, 0) is 6.54 Å². The molecule has 2 aromatic heterocycles. The maximum Gasteiger partial charge on any atom is 0.128 e. The molecule has 0 bridgehead atoms. The lowest BCUT2D eigenvalue weighted by atomic mass is 10.1. The van der Waals surface area contributed by atoms with Crippen molar-refractivity contribution in [2.75, 3.05) is 0 Å². The van der Waals surface area contributed by atoms with Crippen molar-refractivity contribution in [3.8, 4) is 22.6 Å². The molecule has 2 aromatic carbocycles. The van der Waals surface area contributed by atoms with E-state index in [1.807, 2.05) is 65.3 Å². The van der Waals surface area contributed by atoms with E-state index in [1.165, 1.54) is 6.07 Å². The molecule has 25 heavy (non-hydrogen) atoms. The zero-order chi connectivity index (χ0) is 17.1. The van der Waals surface area contributed by atoms with Gasteiger partial charge in [0, 0.05) is 11.8 Å². The van der Waals surface area contributed by atoms with Gasteiger partial charge in [0.15, 0.2) is 0 Å². The first-order chi connectivity index (χ1) is 12.3. The van der Waals surface area contributed by atoms with Gasteiger partial charge in [0.1, 0.15) is 11.5 Å². The highest BCUT2D eigenvalue weighted by atomic mass is 19.1. The van der Waals surface area contributed by atoms with E-state index in [1.54, 1.807) is 18.3 Å². The van der Waals surface area contributed by atoms with Crippen LogP contribution in [0.15, 0.2) is 85.1 Å². The summed E-state index contributed by atoms with van der Waals surface area (Å²) < 4.78 is 15.9. The third kappa shape index (κ3) is 3.19. The first-order valence-electron chi connectivity index (χ1n) is 8.09. The number of nitrogens with zero attached hydrogens (tertiary/aromatic N) is 3. The molecule has 3 nitrogen and oxygen atoms in total. The van der Waals surface area contributed by atoms with Crippen LogP contribution < -0.4 is 0 Å². The number of aromatic nitrogens is 3. The van der Waals surface area contributed by atoms with E-state index >= 15 is 0 Å². The molecule has 0 N–H and O–H groups in total. The topological polar surface area (TPSA) is 30.7 Å². The highest BCUT2D eigenvalue weighted by Crippen LogP contribution is 2.26. The smallest absolute Gasteiger partial charge is 0.128 e. The van der Waals surface area contributed by atoms with Gasteiger partial charge in [-0.05, 0) is 29.8 Å². The fourth-order valence-electron chi connectivity index (χ4n) is 2.81. The molecule has 0 amide bonds. The van der Waals surface area contributed by atoms with Crippen molar-refractivity contribution < 1.29 is 4.39 Å². The Morgan fingerprint density at radius 3 is 2.32 bits per heavy atom. The highest BCUT2D eigenvalue weighted by Gasteiger charge is 2.13. The van der Waals surface area contributed by atoms with Crippen molar-refractivity contribution >= 4 is 0 Å². The standard InChI is InChI=1S/C21H16FN3/c22-18-11-5-4-10-17(18)15-25-21(16-8-2-1-3-9-16)14-20(24-25)19-12-6-7-13-23-19/h1-14H,15H2. The average Bonchev–Trinajstić information content (AvgIpc) is 3.09. The molecule has 0 fully saturated rings. The summed E-state index contributed by atoms with van der Waals surface area (Å²) in [7, 11) is 0. The predicted octanol–water partition coefficient (Wildman–Crippen LogP) is 4.80. The summed E-state index contributed by atoms with van der Waals surface area (Å²) in [6.07, 6.45) is 1.74. The number of hydrogen-bond donors (Lipinski definition) is 0. The number of hydrogen-bond acceptors (Lipinski definition) is 2. The highest BCUT2D eigenvalue weighted by molar-refractivity contribution is 5.67. The number of benzene rings is 2. The Morgan fingerprint density at radius 1 is 0.800 bits per heavy atom. The lowest BCUT2D eigenvalue weighted by molar-refractivity contribution is 0.587. The molecule has 2 heterocycles. The monoisotopic (exact) mass is 329 g/mol. The van der Waals surface area contributed by atoms with Gasteiger partial charge in [-0.15, -0.1) is 0 Å². The Hall–Kier alpha value is -3.27. The van der Waals surface area contributed by atoms with Gasteiger partial charge in [-0.25, -0.2) is 4.39 Å². The third-order valence-electron chi connectivity index (χ3n) is 4.05. The van der Waals surface area contributed by atoms with E-state index in [9.17, 15) is 4.39 Å². The van der Waals surface area contributed by atoms with Crippen LogP contribution in [0.5, 0.6) is 0 Å². The van der Waals surface area contributed by atoms with Gasteiger partial charge in [0.2, 0.25) is 0 Å². The van der Waals surface area contributed by atoms with Gasteiger partial charge >= 0.3 is 0 Å². The summed E-state index contributed by atoms with van der Waals surface area (Å²) in [5, 5.41) is 4.68. The summed E-state index contributed by atoms with van der Waals surface area (Å²) in [5.41, 5.74) is 4.15. The largest absolute Gasteiger partial charge is 0.260 e. The van der Waals surface area contributed by atoms with Gasteiger partial charge in [-0.1, -0.05) is 54.6 Å². The quantitative estimate of drug-likeness (QED) is 0.538. The first kappa shape index (κ1) is 15.3. The number of pyridine rings is 1. The second kappa shape index (κ2) is 6.69. The number of rotatable bonds is 4. The molecule has 4 aromatic rings. The Labute approximate surface area is 145 Å². The van der Waals surface area contributed by atoms with Crippen LogP contribution in [0, 0.1) is 5.82 Å². The second-order valence-electron chi connectivity index (χ2n) is 5.74. The van der Waals surface area contributed by atoms with E-state index in [0.717, 1.165) is 22.6 Å². The average molecular weight is 329 g/mol. The molecule has 0 saturated carbocycles. The summed E-state index contributed by atoms with van der Waals surface area (Å²) in [4.78, 5) is 4.37. The van der Waals surface area contributed by atoms with Crippen molar-refractivity contribution in [1.29, 1.82) is 0 Å². The van der Waals surface area contributed by atoms with Crippen molar-refractivity contribution in [3.05, 3.63) is 96.4 Å². The fraction of sp³-hybridized carbons (Fsp3) is 0.0476. The summed E-state index contributed by atoms with van der Waals surface area (Å²) in [6, 6.07) is 24.5.